The van der Waals surface area contributed by atoms with Gasteiger partial charge in [-0.3, -0.25) is 9.59 Å². The Hall–Kier alpha value is -1.06. The van der Waals surface area contributed by atoms with E-state index in [4.69, 9.17) is 0 Å². The summed E-state index contributed by atoms with van der Waals surface area (Å²) < 4.78 is 0. The summed E-state index contributed by atoms with van der Waals surface area (Å²) in [5.74, 6) is 0.589. The molecule has 4 nitrogen and oxygen atoms in total. The second-order valence-electron chi connectivity index (χ2n) is 10.6. The Bertz CT molecular complexity index is 425. The van der Waals surface area contributed by atoms with E-state index in [2.05, 4.69) is 24.5 Å². The van der Waals surface area contributed by atoms with E-state index in [0.717, 1.165) is 38.5 Å². The van der Waals surface area contributed by atoms with E-state index < -0.39 is 0 Å². The summed E-state index contributed by atoms with van der Waals surface area (Å²) >= 11 is 0. The molecule has 202 valence electrons. The highest BCUT2D eigenvalue weighted by Gasteiger charge is 2.13. The molecular weight excluding hydrogens is 420 g/mol. The van der Waals surface area contributed by atoms with Crippen molar-refractivity contribution in [1.29, 1.82) is 0 Å². The Morgan fingerprint density at radius 3 is 1.09 bits per heavy atom. The van der Waals surface area contributed by atoms with Gasteiger partial charge in [0.2, 0.25) is 11.8 Å². The van der Waals surface area contributed by atoms with E-state index in [1.807, 2.05) is 13.8 Å². The minimum Gasteiger partial charge on any atom is -0.356 e. The van der Waals surface area contributed by atoms with E-state index in [-0.39, 0.29) is 23.7 Å². The van der Waals surface area contributed by atoms with E-state index >= 15 is 0 Å². The number of hydrogen-bond donors (Lipinski definition) is 2. The molecule has 0 unspecified atom stereocenters. The molecule has 2 amide bonds. The Morgan fingerprint density at radius 2 is 0.765 bits per heavy atom. The summed E-state index contributed by atoms with van der Waals surface area (Å²) in [6.07, 6.45) is 24.8. The van der Waals surface area contributed by atoms with Crippen LogP contribution in [0.2, 0.25) is 0 Å². The molecule has 0 fully saturated rings. The highest BCUT2D eigenvalue weighted by Crippen LogP contribution is 2.14. The molecule has 2 atom stereocenters. The number of amides is 2. The van der Waals surface area contributed by atoms with Crippen LogP contribution in [0.3, 0.4) is 0 Å². The summed E-state index contributed by atoms with van der Waals surface area (Å²) in [6, 6.07) is 0. The fourth-order valence-corrected chi connectivity index (χ4v) is 4.45. The highest BCUT2D eigenvalue weighted by molar-refractivity contribution is 5.78. The molecule has 0 aromatic heterocycles. The SMILES string of the molecule is CCCCCCCCCC[C@H](C)C(=O)NCCCCNC(=O)[C@@H](C)CCCCCCCCCC. The molecule has 0 aliphatic carbocycles. The molecule has 4 heteroatoms. The molecular formula is C30H60N2O2. The van der Waals surface area contributed by atoms with Crippen LogP contribution in [0.1, 0.15) is 156 Å². The maximum Gasteiger partial charge on any atom is 0.222 e. The molecule has 0 heterocycles. The Kier molecular flexibility index (Phi) is 24.3. The summed E-state index contributed by atoms with van der Waals surface area (Å²) in [5.41, 5.74) is 0. The first-order chi connectivity index (χ1) is 16.5. The lowest BCUT2D eigenvalue weighted by atomic mass is 10.0. The molecule has 0 aromatic carbocycles. The topological polar surface area (TPSA) is 58.2 Å². The van der Waals surface area contributed by atoms with Crippen molar-refractivity contribution in [3.8, 4) is 0 Å². The maximum absolute atomic E-state index is 12.2. The monoisotopic (exact) mass is 480 g/mol. The van der Waals surface area contributed by atoms with E-state index in [0.29, 0.717) is 13.1 Å². The number of carbonyl (C=O) groups is 2. The van der Waals surface area contributed by atoms with Gasteiger partial charge < -0.3 is 10.6 Å². The first-order valence-electron chi connectivity index (χ1n) is 15.1. The van der Waals surface area contributed by atoms with Crippen LogP contribution >= 0.6 is 0 Å². The number of unbranched alkanes of at least 4 members (excludes halogenated alkanes) is 15. The van der Waals surface area contributed by atoms with Gasteiger partial charge in [-0.25, -0.2) is 0 Å². The van der Waals surface area contributed by atoms with E-state index in [1.165, 1.54) is 89.9 Å². The molecule has 0 bridgehead atoms. The van der Waals surface area contributed by atoms with Gasteiger partial charge in [-0.2, -0.15) is 0 Å². The van der Waals surface area contributed by atoms with Crippen LogP contribution in [0.15, 0.2) is 0 Å². The normalized spacial score (nSPS) is 12.9. The van der Waals surface area contributed by atoms with Gasteiger partial charge in [0.05, 0.1) is 0 Å². The van der Waals surface area contributed by atoms with Gasteiger partial charge in [0.1, 0.15) is 0 Å². The van der Waals surface area contributed by atoms with Crippen LogP contribution in [0.5, 0.6) is 0 Å². The standard InChI is InChI=1S/C30H60N2O2/c1-5-7-9-11-13-15-17-19-23-27(3)29(33)31-25-21-22-26-32-30(34)28(4)24-20-18-16-14-12-10-8-6-2/h27-28H,5-26H2,1-4H3,(H,31,33)(H,32,34)/t27-,28-/m0/s1. The van der Waals surface area contributed by atoms with Crippen LogP contribution < -0.4 is 10.6 Å². The van der Waals surface area contributed by atoms with Crippen LogP contribution in [0.25, 0.3) is 0 Å². The first kappa shape index (κ1) is 32.9. The van der Waals surface area contributed by atoms with Crippen molar-refractivity contribution in [2.75, 3.05) is 13.1 Å². The smallest absolute Gasteiger partial charge is 0.222 e. The van der Waals surface area contributed by atoms with Crippen molar-refractivity contribution in [2.45, 2.75) is 156 Å². The number of rotatable bonds is 25. The summed E-state index contributed by atoms with van der Waals surface area (Å²) in [7, 11) is 0. The third kappa shape index (κ3) is 21.5. The molecule has 0 aromatic rings. The van der Waals surface area contributed by atoms with Gasteiger partial charge in [-0.1, -0.05) is 130 Å². The van der Waals surface area contributed by atoms with Gasteiger partial charge in [0, 0.05) is 24.9 Å². The van der Waals surface area contributed by atoms with Gasteiger partial charge in [0.15, 0.2) is 0 Å². The minimum absolute atomic E-state index is 0.108. The number of nitrogens with one attached hydrogen (secondary N) is 2. The van der Waals surface area contributed by atoms with Crippen LogP contribution in [0, 0.1) is 11.8 Å². The molecule has 0 spiro atoms. The lowest BCUT2D eigenvalue weighted by Gasteiger charge is -2.13. The predicted octanol–water partition coefficient (Wildman–Crippen LogP) is 8.33. The molecule has 0 rings (SSSR count). The summed E-state index contributed by atoms with van der Waals surface area (Å²) in [6.45, 7) is 10.0. The average molecular weight is 481 g/mol. The summed E-state index contributed by atoms with van der Waals surface area (Å²) in [5, 5.41) is 6.15. The van der Waals surface area contributed by atoms with Crippen LogP contribution in [-0.2, 0) is 9.59 Å². The van der Waals surface area contributed by atoms with Crippen molar-refractivity contribution in [3.05, 3.63) is 0 Å². The van der Waals surface area contributed by atoms with E-state index in [1.54, 1.807) is 0 Å². The number of hydrogen-bond acceptors (Lipinski definition) is 2. The maximum atomic E-state index is 12.2. The molecule has 0 aliphatic heterocycles. The third-order valence-electron chi connectivity index (χ3n) is 7.08. The lowest BCUT2D eigenvalue weighted by Crippen LogP contribution is -2.32. The second kappa shape index (κ2) is 25.0. The zero-order valence-corrected chi connectivity index (χ0v) is 23.5. The van der Waals surface area contributed by atoms with Crippen molar-refractivity contribution in [1.82, 2.24) is 10.6 Å². The Balaban J connectivity index is 3.54. The molecule has 34 heavy (non-hydrogen) atoms. The second-order valence-corrected chi connectivity index (χ2v) is 10.6. The van der Waals surface area contributed by atoms with Crippen molar-refractivity contribution < 1.29 is 9.59 Å². The molecule has 2 N–H and O–H groups in total. The fraction of sp³-hybridized carbons (Fsp3) is 0.933. The minimum atomic E-state index is 0.108. The molecule has 0 radical (unpaired) electrons. The van der Waals surface area contributed by atoms with Crippen molar-refractivity contribution in [3.63, 3.8) is 0 Å². The highest BCUT2D eigenvalue weighted by atomic mass is 16.2. The zero-order chi connectivity index (χ0) is 25.3. The van der Waals surface area contributed by atoms with Gasteiger partial charge >= 0.3 is 0 Å². The number of carbonyl (C=O) groups excluding carboxylic acids is 2. The van der Waals surface area contributed by atoms with Gasteiger partial charge in [-0.15, -0.1) is 0 Å². The average Bonchev–Trinajstić information content (AvgIpc) is 2.83. The molecule has 0 aliphatic rings. The zero-order valence-electron chi connectivity index (χ0n) is 23.5. The Morgan fingerprint density at radius 1 is 0.471 bits per heavy atom. The van der Waals surface area contributed by atoms with Gasteiger partial charge in [-0.05, 0) is 25.7 Å². The first-order valence-corrected chi connectivity index (χ1v) is 15.1. The van der Waals surface area contributed by atoms with Crippen molar-refractivity contribution in [2.24, 2.45) is 11.8 Å². The van der Waals surface area contributed by atoms with Crippen molar-refractivity contribution >= 4 is 11.8 Å². The molecule has 0 saturated heterocycles. The fourth-order valence-electron chi connectivity index (χ4n) is 4.45. The van der Waals surface area contributed by atoms with Crippen LogP contribution in [0.4, 0.5) is 0 Å². The Labute approximate surface area is 213 Å². The quantitative estimate of drug-likeness (QED) is 0.129. The van der Waals surface area contributed by atoms with Crippen LogP contribution in [-0.4, -0.2) is 24.9 Å². The summed E-state index contributed by atoms with van der Waals surface area (Å²) in [4.78, 5) is 24.5. The van der Waals surface area contributed by atoms with E-state index in [9.17, 15) is 9.59 Å². The predicted molar refractivity (Wildman–Crippen MR) is 148 cm³/mol. The lowest BCUT2D eigenvalue weighted by molar-refractivity contribution is -0.125. The molecule has 0 saturated carbocycles. The largest absolute Gasteiger partial charge is 0.356 e. The van der Waals surface area contributed by atoms with Gasteiger partial charge in [0.25, 0.3) is 0 Å². The third-order valence-corrected chi connectivity index (χ3v) is 7.08.